The number of aromatic carboxylic acids is 1. The molecular weight excluding hydrogens is 478 g/mol. The van der Waals surface area contributed by atoms with E-state index in [4.69, 9.17) is 21.4 Å². The lowest BCUT2D eigenvalue weighted by molar-refractivity contribution is 0.0697. The minimum atomic E-state index is -1.08. The van der Waals surface area contributed by atoms with Crippen molar-refractivity contribution in [2.75, 3.05) is 24.3 Å². The number of nitrogens with zero attached hydrogens (tertiary/aromatic N) is 3. The van der Waals surface area contributed by atoms with Crippen molar-refractivity contribution in [1.82, 2.24) is 9.78 Å². The van der Waals surface area contributed by atoms with Crippen LogP contribution in [0.15, 0.2) is 59.6 Å². The van der Waals surface area contributed by atoms with Crippen LogP contribution >= 0.6 is 11.6 Å². The van der Waals surface area contributed by atoms with Crippen molar-refractivity contribution in [2.24, 2.45) is 4.99 Å². The van der Waals surface area contributed by atoms with Gasteiger partial charge in [-0.2, -0.15) is 5.10 Å². The van der Waals surface area contributed by atoms with Crippen molar-refractivity contribution in [3.8, 4) is 22.6 Å². The smallest absolute Gasteiger partial charge is 0.337 e. The van der Waals surface area contributed by atoms with Crippen LogP contribution in [0.25, 0.3) is 16.8 Å². The summed E-state index contributed by atoms with van der Waals surface area (Å²) in [7, 11) is 1.50. The van der Waals surface area contributed by atoms with Crippen LogP contribution in [0.4, 0.5) is 22.9 Å². The van der Waals surface area contributed by atoms with Crippen LogP contribution in [0.5, 0.6) is 5.75 Å². The second kappa shape index (κ2) is 9.39. The number of hydrogen-bond donors (Lipinski definition) is 3. The number of aliphatic imine (C=N–C) groups is 1. The first-order chi connectivity index (χ1) is 17.4. The molecule has 0 spiro atoms. The average molecular weight is 502 g/mol. The van der Waals surface area contributed by atoms with Crippen molar-refractivity contribution in [1.29, 1.82) is 0 Å². The van der Waals surface area contributed by atoms with Gasteiger partial charge in [0.2, 0.25) is 0 Å². The largest absolute Gasteiger partial charge is 0.497 e. The first-order valence-corrected chi connectivity index (χ1v) is 11.7. The topological polar surface area (TPSA) is 101 Å². The number of nitrogens with one attached hydrogen (secondary N) is 2. The summed E-state index contributed by atoms with van der Waals surface area (Å²) in [6, 6.07) is 16.5. The van der Waals surface area contributed by atoms with Crippen molar-refractivity contribution < 1.29 is 14.6 Å². The summed E-state index contributed by atoms with van der Waals surface area (Å²) in [6.45, 7) is 4.53. The molecular formula is C27H24ClN5O3. The van der Waals surface area contributed by atoms with Gasteiger partial charge in [-0.25, -0.2) is 9.48 Å². The first kappa shape index (κ1) is 23.4. The van der Waals surface area contributed by atoms with Crippen LogP contribution < -0.4 is 15.4 Å². The number of hydrogen-bond acceptors (Lipinski definition) is 6. The van der Waals surface area contributed by atoms with E-state index in [2.05, 4.69) is 15.6 Å². The van der Waals surface area contributed by atoms with Gasteiger partial charge in [0.15, 0.2) is 0 Å². The summed E-state index contributed by atoms with van der Waals surface area (Å²) < 4.78 is 7.02. The maximum atomic E-state index is 12.1. The Morgan fingerprint density at radius 3 is 2.72 bits per heavy atom. The van der Waals surface area contributed by atoms with Gasteiger partial charge in [-0.05, 0) is 55.8 Å². The SMILES string of the molecule is COc1ccc(Nc2c(-c3cc4c(cc3Cl)NCC=N4)c(C)nn2-c2ccccc2C)c(C(=O)O)c1. The molecule has 8 nitrogen and oxygen atoms in total. The second-order valence-electron chi connectivity index (χ2n) is 8.39. The van der Waals surface area contributed by atoms with Crippen LogP contribution in [0.1, 0.15) is 21.6 Å². The van der Waals surface area contributed by atoms with Crippen LogP contribution in [-0.2, 0) is 0 Å². The van der Waals surface area contributed by atoms with Gasteiger partial charge < -0.3 is 20.5 Å². The Kier molecular flexibility index (Phi) is 6.12. The standard InChI is InChI=1S/C27H24ClN5O3/c1-15-6-4-5-7-24(15)33-26(31-21-9-8-17(36-3)12-19(21)27(34)35)25(16(2)32-33)18-13-22-23(14-20(18)28)30-11-10-29-22/h4-10,12-14,30-31H,11H2,1-3H3,(H,34,35). The molecule has 0 saturated carbocycles. The number of ether oxygens (including phenoxy) is 1. The molecule has 182 valence electrons. The fourth-order valence-electron chi connectivity index (χ4n) is 4.31. The third-order valence-corrected chi connectivity index (χ3v) is 6.40. The number of carboxylic acids is 1. The van der Waals surface area contributed by atoms with E-state index in [0.717, 1.165) is 39.4 Å². The van der Waals surface area contributed by atoms with Gasteiger partial charge in [-0.3, -0.25) is 4.99 Å². The Bertz CT molecular complexity index is 1530. The maximum absolute atomic E-state index is 12.1. The normalized spacial score (nSPS) is 12.1. The van der Waals surface area contributed by atoms with E-state index >= 15 is 0 Å². The number of methoxy groups -OCH3 is 1. The molecule has 4 aromatic rings. The molecule has 9 heteroatoms. The third-order valence-electron chi connectivity index (χ3n) is 6.08. The number of halogens is 1. The van der Waals surface area contributed by atoms with Crippen molar-refractivity contribution in [3.63, 3.8) is 0 Å². The highest BCUT2D eigenvalue weighted by molar-refractivity contribution is 6.34. The number of para-hydroxylation sites is 1. The third kappa shape index (κ3) is 4.16. The Hall–Kier alpha value is -4.30. The quantitative estimate of drug-likeness (QED) is 0.283. The molecule has 0 radical (unpaired) electrons. The molecule has 3 N–H and O–H groups in total. The predicted octanol–water partition coefficient (Wildman–Crippen LogP) is 6.39. The monoisotopic (exact) mass is 501 g/mol. The van der Waals surface area contributed by atoms with Gasteiger partial charge in [0.25, 0.3) is 0 Å². The average Bonchev–Trinajstić information content (AvgIpc) is 3.19. The van der Waals surface area contributed by atoms with Gasteiger partial charge in [-0.15, -0.1) is 0 Å². The molecule has 36 heavy (non-hydrogen) atoms. The van der Waals surface area contributed by atoms with Crippen molar-refractivity contribution in [3.05, 3.63) is 76.4 Å². The Balaban J connectivity index is 1.76. The van der Waals surface area contributed by atoms with Crippen molar-refractivity contribution in [2.45, 2.75) is 13.8 Å². The summed E-state index contributed by atoms with van der Waals surface area (Å²) in [5.41, 5.74) is 6.16. The molecule has 3 aromatic carbocycles. The minimum Gasteiger partial charge on any atom is -0.497 e. The van der Waals surface area contributed by atoms with E-state index in [-0.39, 0.29) is 5.56 Å². The van der Waals surface area contributed by atoms with Crippen LogP contribution in [0, 0.1) is 13.8 Å². The zero-order chi connectivity index (χ0) is 25.4. The van der Waals surface area contributed by atoms with Gasteiger partial charge in [0, 0.05) is 17.3 Å². The van der Waals surface area contributed by atoms with Crippen LogP contribution in [0.2, 0.25) is 5.02 Å². The summed E-state index contributed by atoms with van der Waals surface area (Å²) in [5.74, 6) is -0.0437. The summed E-state index contributed by atoms with van der Waals surface area (Å²) in [6.07, 6.45) is 1.80. The van der Waals surface area contributed by atoms with Gasteiger partial charge in [0.05, 0.1) is 52.7 Å². The molecule has 0 atom stereocenters. The molecule has 0 fully saturated rings. The summed E-state index contributed by atoms with van der Waals surface area (Å²) in [4.78, 5) is 16.6. The van der Waals surface area contributed by atoms with Gasteiger partial charge in [0.1, 0.15) is 11.6 Å². The number of benzene rings is 3. The number of anilines is 3. The number of carboxylic acid groups (broad SMARTS) is 1. The van der Waals surface area contributed by atoms with Gasteiger partial charge >= 0.3 is 5.97 Å². The molecule has 0 bridgehead atoms. The van der Waals surface area contributed by atoms with E-state index in [1.807, 2.05) is 50.2 Å². The molecule has 0 unspecified atom stereocenters. The molecule has 0 saturated heterocycles. The highest BCUT2D eigenvalue weighted by atomic mass is 35.5. The fraction of sp³-hybridized carbons (Fsp3) is 0.148. The molecule has 1 aliphatic rings. The van der Waals surface area contributed by atoms with E-state index in [1.165, 1.54) is 13.2 Å². The highest BCUT2D eigenvalue weighted by Gasteiger charge is 2.24. The Morgan fingerprint density at radius 2 is 1.97 bits per heavy atom. The lowest BCUT2D eigenvalue weighted by atomic mass is 10.0. The van der Waals surface area contributed by atoms with E-state index in [1.54, 1.807) is 23.0 Å². The van der Waals surface area contributed by atoms with Crippen LogP contribution in [-0.4, -0.2) is 40.7 Å². The second-order valence-corrected chi connectivity index (χ2v) is 8.80. The van der Waals surface area contributed by atoms with Crippen molar-refractivity contribution >= 4 is 46.7 Å². The molecule has 1 aromatic heterocycles. The van der Waals surface area contributed by atoms with Gasteiger partial charge in [-0.1, -0.05) is 29.8 Å². The molecule has 1 aliphatic heterocycles. The molecule has 5 rings (SSSR count). The minimum absolute atomic E-state index is 0.0702. The van der Waals surface area contributed by atoms with Crippen LogP contribution in [0.3, 0.4) is 0 Å². The molecule has 2 heterocycles. The fourth-order valence-corrected chi connectivity index (χ4v) is 4.56. The number of fused-ring (bicyclic) bond motifs is 1. The maximum Gasteiger partial charge on any atom is 0.337 e. The van der Waals surface area contributed by atoms with E-state index < -0.39 is 5.97 Å². The lowest BCUT2D eigenvalue weighted by Crippen LogP contribution is -2.09. The zero-order valence-electron chi connectivity index (χ0n) is 20.0. The zero-order valence-corrected chi connectivity index (χ0v) is 20.7. The predicted molar refractivity (Wildman–Crippen MR) is 143 cm³/mol. The summed E-state index contributed by atoms with van der Waals surface area (Å²) in [5, 5.41) is 21.9. The van der Waals surface area contributed by atoms with E-state index in [0.29, 0.717) is 28.8 Å². The molecule has 0 aliphatic carbocycles. The molecule has 0 amide bonds. The Morgan fingerprint density at radius 1 is 1.17 bits per heavy atom. The number of rotatable bonds is 6. The summed E-state index contributed by atoms with van der Waals surface area (Å²) >= 11 is 6.78. The number of aryl methyl sites for hydroxylation is 2. The first-order valence-electron chi connectivity index (χ1n) is 11.3. The number of aromatic nitrogens is 2. The number of carbonyl (C=O) groups is 1. The highest BCUT2D eigenvalue weighted by Crippen LogP contribution is 2.44. The lowest BCUT2D eigenvalue weighted by Gasteiger charge is -2.18. The van der Waals surface area contributed by atoms with E-state index in [9.17, 15) is 9.90 Å². The Labute approximate surface area is 213 Å².